The highest BCUT2D eigenvalue weighted by Gasteiger charge is 2.15. The summed E-state index contributed by atoms with van der Waals surface area (Å²) in [5.74, 6) is 0.00103. The van der Waals surface area contributed by atoms with Crippen LogP contribution in [0.3, 0.4) is 0 Å². The molecule has 2 rings (SSSR count). The summed E-state index contributed by atoms with van der Waals surface area (Å²) >= 11 is 0. The van der Waals surface area contributed by atoms with Crippen molar-refractivity contribution in [3.63, 3.8) is 0 Å². The normalized spacial score (nSPS) is 17.7. The molecule has 0 spiro atoms. The summed E-state index contributed by atoms with van der Waals surface area (Å²) in [6.45, 7) is 7.45. The van der Waals surface area contributed by atoms with Gasteiger partial charge in [-0.05, 0) is 51.8 Å². The molecule has 1 fully saturated rings. The number of pyridine rings is 1. The third-order valence-electron chi connectivity index (χ3n) is 4.01. The Hall–Kier alpha value is -1.62. The van der Waals surface area contributed by atoms with Crippen molar-refractivity contribution in [3.05, 3.63) is 24.0 Å². The Bertz CT molecular complexity index is 453. The molecule has 0 aliphatic carbocycles. The third kappa shape index (κ3) is 4.43. The molecule has 1 saturated heterocycles. The predicted molar refractivity (Wildman–Crippen MR) is 85.6 cm³/mol. The number of amides is 1. The van der Waals surface area contributed by atoms with Gasteiger partial charge in [-0.15, -0.1) is 0 Å². The summed E-state index contributed by atoms with van der Waals surface area (Å²) in [5, 5.41) is 6.88. The Morgan fingerprint density at radius 3 is 2.95 bits per heavy atom. The number of carbonyl (C=O) groups is 1. The van der Waals surface area contributed by atoms with Crippen LogP contribution in [0.5, 0.6) is 0 Å². The molecule has 1 aromatic rings. The number of hydrogen-bond acceptors (Lipinski definition) is 4. The molecule has 0 unspecified atom stereocenters. The molecule has 5 heteroatoms. The Morgan fingerprint density at radius 2 is 2.29 bits per heavy atom. The van der Waals surface area contributed by atoms with Crippen LogP contribution < -0.4 is 10.6 Å². The van der Waals surface area contributed by atoms with Crippen molar-refractivity contribution >= 4 is 11.6 Å². The minimum Gasteiger partial charge on any atom is -0.385 e. The first-order valence-electron chi connectivity index (χ1n) is 7.97. The van der Waals surface area contributed by atoms with Gasteiger partial charge in [0.2, 0.25) is 0 Å². The molecule has 2 heterocycles. The fourth-order valence-electron chi connectivity index (χ4n) is 2.72. The van der Waals surface area contributed by atoms with Gasteiger partial charge >= 0.3 is 0 Å². The van der Waals surface area contributed by atoms with Crippen LogP contribution in [0.15, 0.2) is 18.3 Å². The second-order valence-electron chi connectivity index (χ2n) is 5.42. The van der Waals surface area contributed by atoms with Crippen LogP contribution in [0.1, 0.15) is 43.6 Å². The van der Waals surface area contributed by atoms with Gasteiger partial charge in [-0.1, -0.05) is 0 Å². The van der Waals surface area contributed by atoms with Gasteiger partial charge in [0.1, 0.15) is 5.69 Å². The zero-order valence-corrected chi connectivity index (χ0v) is 13.1. The number of nitrogens with zero attached hydrogens (tertiary/aromatic N) is 2. The zero-order chi connectivity index (χ0) is 15.1. The van der Waals surface area contributed by atoms with Gasteiger partial charge in [0.05, 0.1) is 0 Å². The van der Waals surface area contributed by atoms with E-state index in [-0.39, 0.29) is 5.91 Å². The number of rotatable bonds is 7. The average molecular weight is 290 g/mol. The topological polar surface area (TPSA) is 57.3 Å². The molecule has 1 aliphatic rings. The molecule has 0 bridgehead atoms. The van der Waals surface area contributed by atoms with Gasteiger partial charge < -0.3 is 15.5 Å². The lowest BCUT2D eigenvalue weighted by atomic mass is 10.1. The third-order valence-corrected chi connectivity index (χ3v) is 4.01. The maximum atomic E-state index is 12.3. The molecule has 1 aliphatic heterocycles. The van der Waals surface area contributed by atoms with E-state index in [2.05, 4.69) is 15.6 Å². The molecular formula is C16H26N4O. The van der Waals surface area contributed by atoms with Gasteiger partial charge in [-0.3, -0.25) is 9.78 Å². The molecule has 0 radical (unpaired) electrons. The van der Waals surface area contributed by atoms with E-state index < -0.39 is 0 Å². The first kappa shape index (κ1) is 15.8. The lowest BCUT2D eigenvalue weighted by Crippen LogP contribution is -2.31. The van der Waals surface area contributed by atoms with Crippen molar-refractivity contribution in [2.75, 3.05) is 31.5 Å². The molecule has 2 N–H and O–H groups in total. The number of nitrogens with one attached hydrogen (secondary N) is 2. The van der Waals surface area contributed by atoms with Crippen molar-refractivity contribution in [1.82, 2.24) is 15.2 Å². The molecule has 0 saturated carbocycles. The number of aromatic nitrogens is 1. The highest BCUT2D eigenvalue weighted by molar-refractivity contribution is 5.93. The van der Waals surface area contributed by atoms with Crippen LogP contribution in [0.2, 0.25) is 0 Å². The highest BCUT2D eigenvalue weighted by atomic mass is 16.2. The smallest absolute Gasteiger partial charge is 0.272 e. The summed E-state index contributed by atoms with van der Waals surface area (Å²) in [6.07, 6.45) is 5.36. The molecule has 1 amide bonds. The second-order valence-corrected chi connectivity index (χ2v) is 5.42. The molecule has 1 atom stereocenters. The van der Waals surface area contributed by atoms with E-state index in [0.717, 1.165) is 25.2 Å². The van der Waals surface area contributed by atoms with Gasteiger partial charge in [0.25, 0.3) is 5.91 Å². The minimum absolute atomic E-state index is 0.00103. The summed E-state index contributed by atoms with van der Waals surface area (Å²) in [4.78, 5) is 18.3. The molecule has 116 valence electrons. The van der Waals surface area contributed by atoms with Crippen molar-refractivity contribution < 1.29 is 4.79 Å². The maximum Gasteiger partial charge on any atom is 0.272 e. The highest BCUT2D eigenvalue weighted by Crippen LogP contribution is 2.12. The molecule has 0 aromatic carbocycles. The minimum atomic E-state index is 0.00103. The molecule has 21 heavy (non-hydrogen) atoms. The van der Waals surface area contributed by atoms with Crippen LogP contribution in [0.25, 0.3) is 0 Å². The van der Waals surface area contributed by atoms with Crippen LogP contribution in [-0.2, 0) is 0 Å². The summed E-state index contributed by atoms with van der Waals surface area (Å²) in [7, 11) is 0. The Kier molecular flexibility index (Phi) is 5.99. The van der Waals surface area contributed by atoms with E-state index in [1.165, 1.54) is 12.8 Å². The zero-order valence-electron chi connectivity index (χ0n) is 13.1. The first-order valence-corrected chi connectivity index (χ1v) is 7.97. The summed E-state index contributed by atoms with van der Waals surface area (Å²) in [6, 6.07) is 4.40. The fraction of sp³-hybridized carbons (Fsp3) is 0.625. The van der Waals surface area contributed by atoms with Crippen LogP contribution in [0.4, 0.5) is 5.69 Å². The predicted octanol–water partition coefficient (Wildman–Crippen LogP) is 2.12. The van der Waals surface area contributed by atoms with Crippen LogP contribution in [0, 0.1) is 0 Å². The van der Waals surface area contributed by atoms with Gasteiger partial charge in [0, 0.05) is 37.6 Å². The molecule has 5 nitrogen and oxygen atoms in total. The fourth-order valence-corrected chi connectivity index (χ4v) is 2.72. The van der Waals surface area contributed by atoms with E-state index in [1.54, 1.807) is 11.1 Å². The Balaban J connectivity index is 1.89. The van der Waals surface area contributed by atoms with Crippen LogP contribution in [-0.4, -0.2) is 48.0 Å². The Morgan fingerprint density at radius 1 is 1.48 bits per heavy atom. The lowest BCUT2D eigenvalue weighted by molar-refractivity contribution is 0.0767. The summed E-state index contributed by atoms with van der Waals surface area (Å²) < 4.78 is 0. The van der Waals surface area contributed by atoms with Gasteiger partial charge in [-0.25, -0.2) is 0 Å². The second kappa shape index (κ2) is 7.98. The number of carbonyl (C=O) groups excluding carboxylic acids is 1. The quantitative estimate of drug-likeness (QED) is 0.807. The Labute approximate surface area is 127 Å². The van der Waals surface area contributed by atoms with Crippen molar-refractivity contribution in [2.24, 2.45) is 0 Å². The van der Waals surface area contributed by atoms with Gasteiger partial charge in [-0.2, -0.15) is 0 Å². The molecule has 1 aromatic heterocycles. The monoisotopic (exact) mass is 290 g/mol. The van der Waals surface area contributed by atoms with E-state index in [0.29, 0.717) is 24.8 Å². The van der Waals surface area contributed by atoms with Crippen molar-refractivity contribution in [3.8, 4) is 0 Å². The maximum absolute atomic E-state index is 12.3. The van der Waals surface area contributed by atoms with E-state index >= 15 is 0 Å². The largest absolute Gasteiger partial charge is 0.385 e. The van der Waals surface area contributed by atoms with E-state index in [4.69, 9.17) is 0 Å². The van der Waals surface area contributed by atoms with Crippen LogP contribution >= 0.6 is 0 Å². The molecular weight excluding hydrogens is 264 g/mol. The first-order chi connectivity index (χ1) is 10.2. The number of anilines is 1. The van der Waals surface area contributed by atoms with E-state index in [9.17, 15) is 4.79 Å². The number of hydrogen-bond donors (Lipinski definition) is 2. The van der Waals surface area contributed by atoms with Crippen molar-refractivity contribution in [2.45, 2.75) is 39.2 Å². The van der Waals surface area contributed by atoms with Gasteiger partial charge in [0.15, 0.2) is 0 Å². The standard InChI is InChI=1S/C16H26N4O/c1-3-20(4-2)16(21)15-12-14(8-11-19-15)18-10-7-13-6-5-9-17-13/h8,11-13,17H,3-7,9-10H2,1-2H3,(H,18,19)/t13-/m1/s1. The SMILES string of the molecule is CCN(CC)C(=O)c1cc(NCC[C@H]2CCCN2)ccn1. The average Bonchev–Trinajstić information content (AvgIpc) is 3.02. The van der Waals surface area contributed by atoms with E-state index in [1.807, 2.05) is 26.0 Å². The lowest BCUT2D eigenvalue weighted by Gasteiger charge is -2.18. The summed E-state index contributed by atoms with van der Waals surface area (Å²) in [5.41, 5.74) is 1.49. The van der Waals surface area contributed by atoms with Crippen molar-refractivity contribution in [1.29, 1.82) is 0 Å².